The Morgan fingerprint density at radius 1 is 0.689 bits per heavy atom. The quantitative estimate of drug-likeness (QED) is 0.123. The van der Waals surface area contributed by atoms with E-state index in [0.29, 0.717) is 5.56 Å². The molecule has 2 aromatic rings. The first-order valence-corrected chi connectivity index (χ1v) is 14.3. The second kappa shape index (κ2) is 17.1. The van der Waals surface area contributed by atoms with Gasteiger partial charge < -0.3 is 37.8 Å². The average molecular weight is 625 g/mol. The fraction of sp³-hybridized carbons (Fsp3) is 0.387. The molecule has 0 aliphatic rings. The minimum atomic E-state index is -1.53. The molecule has 0 heterocycles. The first-order chi connectivity index (χ1) is 21.2. The Hall–Kier alpha value is -5.27. The van der Waals surface area contributed by atoms with Gasteiger partial charge in [0.2, 0.25) is 35.4 Å². The second-order valence-corrected chi connectivity index (χ2v) is 10.9. The van der Waals surface area contributed by atoms with Gasteiger partial charge in [0, 0.05) is 12.8 Å². The van der Waals surface area contributed by atoms with E-state index in [1.165, 1.54) is 6.92 Å². The molecule has 0 fully saturated rings. The summed E-state index contributed by atoms with van der Waals surface area (Å²) in [4.78, 5) is 86.0. The number of hydrogen-bond acceptors (Lipinski definition) is 7. The van der Waals surface area contributed by atoms with Gasteiger partial charge in [0.15, 0.2) is 0 Å². The first kappa shape index (κ1) is 35.9. The standard InChI is InChI=1S/C31H40N6O8/c1-17(2)27(28(33)42)37-29(43)18(3)34-30(44)23(16-24(32)38)36-31(45)22(35-25(39)13-14-26(40)41)15-19-9-11-21(12-10-19)20-7-5-4-6-8-20/h4-12,17-18,22-23,27H,13-16H2,1-3H3,(H2,32,38)(H2,33,42)(H,34,44)(H,35,39)(H,36,45)(H,37,43)(H,40,41)/t18-,22-,23-,27-/m0/s1. The van der Waals surface area contributed by atoms with Gasteiger partial charge in [-0.2, -0.15) is 0 Å². The van der Waals surface area contributed by atoms with E-state index in [9.17, 15) is 33.6 Å². The summed E-state index contributed by atoms with van der Waals surface area (Å²) in [7, 11) is 0. The number of nitrogens with one attached hydrogen (secondary N) is 4. The van der Waals surface area contributed by atoms with Crippen molar-refractivity contribution in [2.75, 3.05) is 0 Å². The first-order valence-electron chi connectivity index (χ1n) is 14.3. The molecule has 0 spiro atoms. The molecule has 6 amide bonds. The molecular formula is C31H40N6O8. The van der Waals surface area contributed by atoms with Crippen molar-refractivity contribution in [1.82, 2.24) is 21.3 Å². The maximum atomic E-state index is 13.4. The van der Waals surface area contributed by atoms with Gasteiger partial charge in [0.1, 0.15) is 24.2 Å². The molecule has 242 valence electrons. The topological polar surface area (TPSA) is 240 Å². The van der Waals surface area contributed by atoms with Gasteiger partial charge in [-0.3, -0.25) is 33.6 Å². The van der Waals surface area contributed by atoms with Gasteiger partial charge in [-0.25, -0.2) is 0 Å². The van der Waals surface area contributed by atoms with Crippen LogP contribution in [0.1, 0.15) is 45.6 Å². The zero-order valence-electron chi connectivity index (χ0n) is 25.4. The molecule has 0 radical (unpaired) electrons. The maximum Gasteiger partial charge on any atom is 0.303 e. The number of benzene rings is 2. The van der Waals surface area contributed by atoms with Crippen LogP contribution in [-0.2, 0) is 40.0 Å². The molecule has 0 bridgehead atoms. The number of hydrogen-bond donors (Lipinski definition) is 7. The van der Waals surface area contributed by atoms with Crippen LogP contribution in [-0.4, -0.2) is 70.7 Å². The molecular weight excluding hydrogens is 584 g/mol. The molecule has 14 heteroatoms. The number of aliphatic carboxylic acids is 1. The van der Waals surface area contributed by atoms with E-state index >= 15 is 0 Å². The Labute approximate surface area is 260 Å². The number of nitrogens with two attached hydrogens (primary N) is 2. The fourth-order valence-corrected chi connectivity index (χ4v) is 4.30. The minimum Gasteiger partial charge on any atom is -0.481 e. The van der Waals surface area contributed by atoms with Crippen LogP contribution in [0.2, 0.25) is 0 Å². The molecule has 0 aliphatic carbocycles. The number of carboxylic acids is 1. The van der Waals surface area contributed by atoms with Crippen LogP contribution in [0.5, 0.6) is 0 Å². The molecule has 0 unspecified atom stereocenters. The largest absolute Gasteiger partial charge is 0.481 e. The van der Waals surface area contributed by atoms with Crippen molar-refractivity contribution in [1.29, 1.82) is 0 Å². The normalized spacial score (nSPS) is 13.4. The third-order valence-electron chi connectivity index (χ3n) is 6.78. The minimum absolute atomic E-state index is 0.0346. The van der Waals surface area contributed by atoms with E-state index in [1.54, 1.807) is 26.0 Å². The summed E-state index contributed by atoms with van der Waals surface area (Å²) in [6.45, 7) is 4.68. The zero-order valence-corrected chi connectivity index (χ0v) is 25.4. The van der Waals surface area contributed by atoms with Crippen LogP contribution in [0.25, 0.3) is 11.1 Å². The Morgan fingerprint density at radius 2 is 1.27 bits per heavy atom. The number of carbonyl (C=O) groups excluding carboxylic acids is 6. The second-order valence-electron chi connectivity index (χ2n) is 10.9. The molecule has 4 atom stereocenters. The molecule has 14 nitrogen and oxygen atoms in total. The zero-order chi connectivity index (χ0) is 33.7. The predicted octanol–water partition coefficient (Wildman–Crippen LogP) is -0.263. The van der Waals surface area contributed by atoms with E-state index in [4.69, 9.17) is 16.6 Å². The van der Waals surface area contributed by atoms with Crippen molar-refractivity contribution < 1.29 is 38.7 Å². The molecule has 0 saturated heterocycles. The van der Waals surface area contributed by atoms with E-state index in [-0.39, 0.29) is 12.3 Å². The summed E-state index contributed by atoms with van der Waals surface area (Å²) in [5.74, 6) is -6.43. The third-order valence-corrected chi connectivity index (χ3v) is 6.78. The van der Waals surface area contributed by atoms with Gasteiger partial charge in [-0.15, -0.1) is 0 Å². The number of carbonyl (C=O) groups is 7. The highest BCUT2D eigenvalue weighted by atomic mass is 16.4. The predicted molar refractivity (Wildman–Crippen MR) is 164 cm³/mol. The molecule has 0 saturated carbocycles. The molecule has 0 aliphatic heterocycles. The van der Waals surface area contributed by atoms with E-state index in [1.807, 2.05) is 42.5 Å². The van der Waals surface area contributed by atoms with Crippen molar-refractivity contribution in [2.45, 2.75) is 70.6 Å². The molecule has 0 aromatic heterocycles. The van der Waals surface area contributed by atoms with Crippen LogP contribution in [0.15, 0.2) is 54.6 Å². The SMILES string of the molecule is CC(C)[C@H](NC(=O)[C@H](C)NC(=O)[C@H](CC(N)=O)NC(=O)[C@H](Cc1ccc(-c2ccccc2)cc1)NC(=O)CCC(=O)O)C(N)=O. The summed E-state index contributed by atoms with van der Waals surface area (Å²) in [6.07, 6.45) is -1.53. The highest BCUT2D eigenvalue weighted by molar-refractivity contribution is 5.97. The summed E-state index contributed by atoms with van der Waals surface area (Å²) < 4.78 is 0. The van der Waals surface area contributed by atoms with Crippen molar-refractivity contribution >= 4 is 41.4 Å². The Morgan fingerprint density at radius 3 is 1.80 bits per heavy atom. The van der Waals surface area contributed by atoms with E-state index in [0.717, 1.165) is 11.1 Å². The highest BCUT2D eigenvalue weighted by Gasteiger charge is 2.31. The van der Waals surface area contributed by atoms with Gasteiger partial charge in [-0.05, 0) is 29.5 Å². The lowest BCUT2D eigenvalue weighted by atomic mass is 9.99. The van der Waals surface area contributed by atoms with Crippen molar-refractivity contribution in [2.24, 2.45) is 17.4 Å². The van der Waals surface area contributed by atoms with Crippen molar-refractivity contribution in [3.8, 4) is 11.1 Å². The van der Waals surface area contributed by atoms with Crippen molar-refractivity contribution in [3.63, 3.8) is 0 Å². The number of primary amides is 2. The molecule has 2 rings (SSSR count). The lowest BCUT2D eigenvalue weighted by Crippen LogP contribution is -2.58. The fourth-order valence-electron chi connectivity index (χ4n) is 4.30. The molecule has 45 heavy (non-hydrogen) atoms. The van der Waals surface area contributed by atoms with Gasteiger partial charge in [0.05, 0.1) is 12.8 Å². The maximum absolute atomic E-state index is 13.4. The molecule has 9 N–H and O–H groups in total. The Kier molecular flexibility index (Phi) is 13.7. The van der Waals surface area contributed by atoms with Crippen LogP contribution in [0.3, 0.4) is 0 Å². The van der Waals surface area contributed by atoms with Gasteiger partial charge in [-0.1, -0.05) is 68.4 Å². The number of rotatable bonds is 17. The molecule has 2 aromatic carbocycles. The number of amides is 6. The van der Waals surface area contributed by atoms with Crippen LogP contribution in [0, 0.1) is 5.92 Å². The van der Waals surface area contributed by atoms with E-state index < -0.39 is 84.8 Å². The van der Waals surface area contributed by atoms with Gasteiger partial charge in [0.25, 0.3) is 0 Å². The average Bonchev–Trinajstić information content (AvgIpc) is 2.98. The summed E-state index contributed by atoms with van der Waals surface area (Å²) in [6, 6.07) is 11.8. The Balaban J connectivity index is 2.22. The lowest BCUT2D eigenvalue weighted by Gasteiger charge is -2.25. The van der Waals surface area contributed by atoms with Crippen LogP contribution in [0.4, 0.5) is 0 Å². The summed E-state index contributed by atoms with van der Waals surface area (Å²) >= 11 is 0. The van der Waals surface area contributed by atoms with Crippen LogP contribution >= 0.6 is 0 Å². The third kappa shape index (κ3) is 12.1. The Bertz CT molecular complexity index is 1380. The smallest absolute Gasteiger partial charge is 0.303 e. The monoisotopic (exact) mass is 624 g/mol. The van der Waals surface area contributed by atoms with Crippen molar-refractivity contribution in [3.05, 3.63) is 60.2 Å². The summed E-state index contributed by atoms with van der Waals surface area (Å²) in [5.41, 5.74) is 13.2. The van der Waals surface area contributed by atoms with E-state index in [2.05, 4.69) is 21.3 Å². The van der Waals surface area contributed by atoms with Crippen LogP contribution < -0.4 is 32.7 Å². The van der Waals surface area contributed by atoms with Gasteiger partial charge >= 0.3 is 5.97 Å². The number of carboxylic acid groups (broad SMARTS) is 1. The lowest BCUT2D eigenvalue weighted by molar-refractivity contribution is -0.139. The summed E-state index contributed by atoms with van der Waals surface area (Å²) in [5, 5.41) is 18.7. The highest BCUT2D eigenvalue weighted by Crippen LogP contribution is 2.20.